The molecule has 1 N–H and O–H groups in total. The number of para-hydroxylation sites is 1. The molecule has 1 aromatic carbocycles. The fraction of sp³-hybridized carbons (Fsp3) is 0.421. The normalized spacial score (nSPS) is 10.9. The van der Waals surface area contributed by atoms with Crippen LogP contribution in [0.25, 0.3) is 0 Å². The molecule has 0 aliphatic rings. The Morgan fingerprint density at radius 2 is 1.96 bits per heavy atom. The summed E-state index contributed by atoms with van der Waals surface area (Å²) in [5.41, 5.74) is 4.41. The van der Waals surface area contributed by atoms with E-state index >= 15 is 0 Å². The quantitative estimate of drug-likeness (QED) is 0.884. The van der Waals surface area contributed by atoms with Gasteiger partial charge in [0.2, 0.25) is 0 Å². The molecule has 0 saturated carbocycles. The van der Waals surface area contributed by atoms with Gasteiger partial charge in [-0.2, -0.15) is 0 Å². The SMILES string of the molecule is COc1ccccc1C(=O)NCCc1cc(C)n(C(C)C)c1C. The summed E-state index contributed by atoms with van der Waals surface area (Å²) >= 11 is 0. The Hall–Kier alpha value is -2.23. The molecule has 1 aromatic heterocycles. The van der Waals surface area contributed by atoms with Crippen LogP contribution in [0, 0.1) is 13.8 Å². The van der Waals surface area contributed by atoms with Crippen molar-refractivity contribution >= 4 is 5.91 Å². The molecule has 0 fully saturated rings. The molecule has 2 rings (SSSR count). The van der Waals surface area contributed by atoms with Crippen LogP contribution in [0.1, 0.15) is 47.2 Å². The number of hydrogen-bond donors (Lipinski definition) is 1. The summed E-state index contributed by atoms with van der Waals surface area (Å²) in [5.74, 6) is 0.503. The van der Waals surface area contributed by atoms with Crippen molar-refractivity contribution in [2.75, 3.05) is 13.7 Å². The van der Waals surface area contributed by atoms with Gasteiger partial charge in [-0.15, -0.1) is 0 Å². The summed E-state index contributed by atoms with van der Waals surface area (Å²) in [7, 11) is 1.58. The Bertz CT molecular complexity index is 687. The largest absolute Gasteiger partial charge is 0.496 e. The third kappa shape index (κ3) is 3.76. The summed E-state index contributed by atoms with van der Waals surface area (Å²) in [6.07, 6.45) is 0.827. The Morgan fingerprint density at radius 1 is 1.26 bits per heavy atom. The van der Waals surface area contributed by atoms with Crippen molar-refractivity contribution in [3.63, 3.8) is 0 Å². The van der Waals surface area contributed by atoms with Gasteiger partial charge in [-0.3, -0.25) is 4.79 Å². The maximum atomic E-state index is 12.3. The van der Waals surface area contributed by atoms with Gasteiger partial charge < -0.3 is 14.6 Å². The van der Waals surface area contributed by atoms with Gasteiger partial charge in [-0.05, 0) is 57.9 Å². The first kappa shape index (κ1) is 17.1. The first-order chi connectivity index (χ1) is 11.0. The number of rotatable bonds is 6. The lowest BCUT2D eigenvalue weighted by molar-refractivity contribution is 0.0951. The summed E-state index contributed by atoms with van der Waals surface area (Å²) < 4.78 is 7.56. The lowest BCUT2D eigenvalue weighted by Gasteiger charge is -2.14. The average Bonchev–Trinajstić information content (AvgIpc) is 2.81. The summed E-state index contributed by atoms with van der Waals surface area (Å²) in [6.45, 7) is 9.26. The van der Waals surface area contributed by atoms with E-state index in [1.807, 2.05) is 12.1 Å². The van der Waals surface area contributed by atoms with Crippen molar-refractivity contribution in [1.82, 2.24) is 9.88 Å². The minimum atomic E-state index is -0.0971. The Kier molecular flexibility index (Phi) is 5.48. The molecule has 1 heterocycles. The van der Waals surface area contributed by atoms with E-state index in [1.54, 1.807) is 19.2 Å². The number of hydrogen-bond acceptors (Lipinski definition) is 2. The van der Waals surface area contributed by atoms with Gasteiger partial charge in [0.25, 0.3) is 5.91 Å². The number of ether oxygens (including phenoxy) is 1. The molecule has 4 nitrogen and oxygen atoms in total. The van der Waals surface area contributed by atoms with E-state index in [-0.39, 0.29) is 5.91 Å². The fourth-order valence-electron chi connectivity index (χ4n) is 3.13. The van der Waals surface area contributed by atoms with Crippen molar-refractivity contribution < 1.29 is 9.53 Å². The van der Waals surface area contributed by atoms with Crippen molar-refractivity contribution in [2.45, 2.75) is 40.2 Å². The average molecular weight is 314 g/mol. The van der Waals surface area contributed by atoms with E-state index in [9.17, 15) is 4.79 Å². The summed E-state index contributed by atoms with van der Waals surface area (Å²) in [5, 5.41) is 2.98. The smallest absolute Gasteiger partial charge is 0.255 e. The molecule has 0 bridgehead atoms. The van der Waals surface area contributed by atoms with Gasteiger partial charge in [-0.1, -0.05) is 12.1 Å². The molecule has 0 aliphatic heterocycles. The van der Waals surface area contributed by atoms with Crippen LogP contribution >= 0.6 is 0 Å². The van der Waals surface area contributed by atoms with Crippen LogP contribution < -0.4 is 10.1 Å². The number of nitrogens with zero attached hydrogens (tertiary/aromatic N) is 1. The standard InChI is InChI=1S/C19H26N2O2/c1-13(2)21-14(3)12-16(15(21)4)10-11-20-19(22)17-8-6-7-9-18(17)23-5/h6-9,12-13H,10-11H2,1-5H3,(H,20,22). The second-order valence-electron chi connectivity index (χ2n) is 6.07. The molecule has 2 aromatic rings. The van der Waals surface area contributed by atoms with E-state index in [2.05, 4.69) is 43.6 Å². The van der Waals surface area contributed by atoms with Gasteiger partial charge in [0, 0.05) is 24.0 Å². The van der Waals surface area contributed by atoms with E-state index in [0.717, 1.165) is 6.42 Å². The number of carbonyl (C=O) groups is 1. The second-order valence-corrected chi connectivity index (χ2v) is 6.07. The van der Waals surface area contributed by atoms with Gasteiger partial charge in [0.05, 0.1) is 12.7 Å². The van der Waals surface area contributed by atoms with Crippen LogP contribution in [-0.4, -0.2) is 24.1 Å². The molecule has 0 saturated heterocycles. The number of benzene rings is 1. The highest BCUT2D eigenvalue weighted by Crippen LogP contribution is 2.20. The molecular weight excluding hydrogens is 288 g/mol. The highest BCUT2D eigenvalue weighted by Gasteiger charge is 2.13. The zero-order valence-electron chi connectivity index (χ0n) is 14.6. The molecule has 23 heavy (non-hydrogen) atoms. The summed E-state index contributed by atoms with van der Waals surface area (Å²) in [6, 6.07) is 9.94. The van der Waals surface area contributed by atoms with Crippen molar-refractivity contribution in [3.05, 3.63) is 52.8 Å². The number of amides is 1. The second kappa shape index (κ2) is 7.36. The Balaban J connectivity index is 2.00. The molecule has 0 atom stereocenters. The highest BCUT2D eigenvalue weighted by atomic mass is 16.5. The van der Waals surface area contributed by atoms with Crippen LogP contribution in [0.2, 0.25) is 0 Å². The van der Waals surface area contributed by atoms with Gasteiger partial charge in [-0.25, -0.2) is 0 Å². The number of nitrogens with one attached hydrogen (secondary N) is 1. The lowest BCUT2D eigenvalue weighted by atomic mass is 10.1. The molecule has 4 heteroatoms. The van der Waals surface area contributed by atoms with E-state index in [0.29, 0.717) is 23.9 Å². The van der Waals surface area contributed by atoms with E-state index in [4.69, 9.17) is 4.74 Å². The highest BCUT2D eigenvalue weighted by molar-refractivity contribution is 5.96. The third-order valence-corrected chi connectivity index (χ3v) is 4.14. The van der Waals surface area contributed by atoms with E-state index < -0.39 is 0 Å². The fourth-order valence-corrected chi connectivity index (χ4v) is 3.13. The monoisotopic (exact) mass is 314 g/mol. The minimum absolute atomic E-state index is 0.0971. The zero-order chi connectivity index (χ0) is 17.0. The molecule has 124 valence electrons. The predicted octanol–water partition coefficient (Wildman–Crippen LogP) is 3.67. The van der Waals surface area contributed by atoms with Crippen LogP contribution in [0.3, 0.4) is 0 Å². The zero-order valence-corrected chi connectivity index (χ0v) is 14.6. The Labute approximate surface area is 138 Å². The molecule has 0 radical (unpaired) electrons. The first-order valence-electron chi connectivity index (χ1n) is 8.04. The van der Waals surface area contributed by atoms with Crippen LogP contribution in [-0.2, 0) is 6.42 Å². The van der Waals surface area contributed by atoms with Crippen molar-refractivity contribution in [3.8, 4) is 5.75 Å². The van der Waals surface area contributed by atoms with Crippen molar-refractivity contribution in [2.24, 2.45) is 0 Å². The van der Waals surface area contributed by atoms with Gasteiger partial charge >= 0.3 is 0 Å². The Morgan fingerprint density at radius 3 is 2.57 bits per heavy atom. The predicted molar refractivity (Wildman–Crippen MR) is 93.3 cm³/mol. The van der Waals surface area contributed by atoms with Gasteiger partial charge in [0.1, 0.15) is 5.75 Å². The lowest BCUT2D eigenvalue weighted by Crippen LogP contribution is -2.26. The van der Waals surface area contributed by atoms with Gasteiger partial charge in [0.15, 0.2) is 0 Å². The minimum Gasteiger partial charge on any atom is -0.496 e. The third-order valence-electron chi connectivity index (χ3n) is 4.14. The summed E-state index contributed by atoms with van der Waals surface area (Å²) in [4.78, 5) is 12.3. The number of methoxy groups -OCH3 is 1. The maximum absolute atomic E-state index is 12.3. The molecule has 1 amide bonds. The number of aryl methyl sites for hydroxylation is 1. The van der Waals surface area contributed by atoms with Crippen LogP contribution in [0.15, 0.2) is 30.3 Å². The van der Waals surface area contributed by atoms with Crippen molar-refractivity contribution in [1.29, 1.82) is 0 Å². The van der Waals surface area contributed by atoms with E-state index in [1.165, 1.54) is 17.0 Å². The molecule has 0 spiro atoms. The maximum Gasteiger partial charge on any atom is 0.255 e. The molecule has 0 unspecified atom stereocenters. The number of aromatic nitrogens is 1. The molecule has 0 aliphatic carbocycles. The topological polar surface area (TPSA) is 43.3 Å². The number of carbonyl (C=O) groups excluding carboxylic acids is 1. The van der Waals surface area contributed by atoms with Crippen LogP contribution in [0.5, 0.6) is 5.75 Å². The van der Waals surface area contributed by atoms with Crippen LogP contribution in [0.4, 0.5) is 0 Å². The molecular formula is C19H26N2O2. The first-order valence-corrected chi connectivity index (χ1v) is 8.04.